The zero-order chi connectivity index (χ0) is 21.3. The number of furan rings is 1. The molecule has 2 heterocycles. The zero-order valence-corrected chi connectivity index (χ0v) is 18.7. The van der Waals surface area contributed by atoms with Crippen LogP contribution in [-0.2, 0) is 9.84 Å². The van der Waals surface area contributed by atoms with E-state index in [1.807, 2.05) is 31.2 Å². The fourth-order valence-electron chi connectivity index (χ4n) is 2.57. The lowest BCUT2D eigenvalue weighted by Crippen LogP contribution is -2.10. The monoisotopic (exact) mass is 503 g/mol. The lowest BCUT2D eigenvalue weighted by molar-refractivity contribution is 0.0991. The van der Waals surface area contributed by atoms with E-state index in [-0.39, 0.29) is 20.9 Å². The van der Waals surface area contributed by atoms with Gasteiger partial charge in [-0.05, 0) is 43.3 Å². The summed E-state index contributed by atoms with van der Waals surface area (Å²) in [6, 6.07) is 16.4. The molecule has 1 N–H and O–H groups in total. The summed E-state index contributed by atoms with van der Waals surface area (Å²) in [5.74, 6) is -0.259. The van der Waals surface area contributed by atoms with Crippen molar-refractivity contribution in [2.45, 2.75) is 16.9 Å². The third-order valence-corrected chi connectivity index (χ3v) is 6.95. The van der Waals surface area contributed by atoms with Gasteiger partial charge in [0, 0.05) is 21.6 Å². The molecule has 0 fully saturated rings. The van der Waals surface area contributed by atoms with Crippen LogP contribution in [0.15, 0.2) is 79.5 Å². The van der Waals surface area contributed by atoms with E-state index in [0.29, 0.717) is 5.82 Å². The summed E-state index contributed by atoms with van der Waals surface area (Å²) in [5, 5.41) is 2.55. The Labute approximate surface area is 185 Å². The Morgan fingerprint density at radius 3 is 2.43 bits per heavy atom. The first-order chi connectivity index (χ1) is 14.3. The number of carbonyl (C=O) groups excluding carboxylic acids is 1. The van der Waals surface area contributed by atoms with Gasteiger partial charge in [0.1, 0.15) is 0 Å². The summed E-state index contributed by atoms with van der Waals surface area (Å²) in [4.78, 5) is 16.8. The molecule has 0 aliphatic heterocycles. The summed E-state index contributed by atoms with van der Waals surface area (Å²) in [5.41, 5.74) is 1.95. The molecule has 1 amide bonds. The normalized spacial score (nSPS) is 11.4. The number of carbonyl (C=O) groups is 1. The molecule has 152 valence electrons. The van der Waals surface area contributed by atoms with E-state index in [1.54, 1.807) is 12.1 Å². The first kappa shape index (κ1) is 20.5. The van der Waals surface area contributed by atoms with Crippen molar-refractivity contribution < 1.29 is 17.6 Å². The second-order valence-electron chi connectivity index (χ2n) is 6.32. The fourth-order valence-corrected chi connectivity index (χ4v) is 4.59. The van der Waals surface area contributed by atoms with E-state index < -0.39 is 15.7 Å². The maximum atomic E-state index is 12.7. The minimum absolute atomic E-state index is 0.0684. The number of halogens is 1. The first-order valence-corrected chi connectivity index (χ1v) is 11.7. The Kier molecular flexibility index (Phi) is 5.54. The molecule has 7 nitrogen and oxygen atoms in total. The number of rotatable bonds is 5. The molecule has 0 unspecified atom stereocenters. The van der Waals surface area contributed by atoms with Crippen molar-refractivity contribution in [2.24, 2.45) is 0 Å². The van der Waals surface area contributed by atoms with Crippen molar-refractivity contribution in [3.05, 3.63) is 76.5 Å². The molecule has 0 spiro atoms. The molecule has 0 atom stereocenters. The lowest BCUT2D eigenvalue weighted by atomic mass is 10.1. The van der Waals surface area contributed by atoms with Gasteiger partial charge in [-0.2, -0.15) is 9.36 Å². The number of anilines is 1. The van der Waals surface area contributed by atoms with Crippen molar-refractivity contribution in [3.63, 3.8) is 0 Å². The van der Waals surface area contributed by atoms with Gasteiger partial charge in [-0.25, -0.2) is 8.42 Å². The zero-order valence-electron chi connectivity index (χ0n) is 15.5. The largest absolute Gasteiger partial charge is 0.439 e. The molecule has 4 aromatic rings. The second kappa shape index (κ2) is 8.13. The molecular weight excluding hydrogens is 490 g/mol. The van der Waals surface area contributed by atoms with Gasteiger partial charge in [0.15, 0.2) is 11.6 Å². The average Bonchev–Trinajstić information content (AvgIpc) is 3.39. The Hall–Kier alpha value is -2.82. The third kappa shape index (κ3) is 4.20. The molecule has 0 aliphatic carbocycles. The second-order valence-corrected chi connectivity index (χ2v) is 9.87. The standard InChI is InChI=1S/C20H14BrN3O4S2/c1-12-2-4-13(5-3-12)18-22-20(29-24-18)23-19(25)16-10-11-17(28-16)30(26,27)15-8-6-14(21)7-9-15/h2-11H,1H3,(H,22,23,24,25). The van der Waals surface area contributed by atoms with E-state index in [4.69, 9.17) is 4.42 Å². The molecule has 0 aliphatic rings. The van der Waals surface area contributed by atoms with Crippen LogP contribution >= 0.6 is 27.5 Å². The highest BCUT2D eigenvalue weighted by atomic mass is 79.9. The molecule has 0 radical (unpaired) electrons. The molecule has 30 heavy (non-hydrogen) atoms. The number of benzene rings is 2. The van der Waals surface area contributed by atoms with Crippen molar-refractivity contribution in [3.8, 4) is 11.4 Å². The number of aromatic nitrogens is 2. The molecule has 10 heteroatoms. The molecule has 2 aromatic heterocycles. The average molecular weight is 504 g/mol. The van der Waals surface area contributed by atoms with Gasteiger partial charge in [0.05, 0.1) is 4.90 Å². The number of hydrogen-bond donors (Lipinski definition) is 1. The van der Waals surface area contributed by atoms with Crippen molar-refractivity contribution >= 4 is 48.3 Å². The van der Waals surface area contributed by atoms with Gasteiger partial charge in [0.2, 0.25) is 20.1 Å². The highest BCUT2D eigenvalue weighted by Gasteiger charge is 2.24. The minimum Gasteiger partial charge on any atom is -0.439 e. The number of amides is 1. The number of aryl methyl sites for hydroxylation is 1. The van der Waals surface area contributed by atoms with E-state index in [1.165, 1.54) is 24.3 Å². The summed E-state index contributed by atoms with van der Waals surface area (Å²) in [7, 11) is -3.87. The summed E-state index contributed by atoms with van der Waals surface area (Å²) >= 11 is 4.29. The van der Waals surface area contributed by atoms with Gasteiger partial charge in [0.25, 0.3) is 5.91 Å². The fraction of sp³-hybridized carbons (Fsp3) is 0.0500. The molecule has 0 saturated heterocycles. The van der Waals surface area contributed by atoms with Gasteiger partial charge in [-0.15, -0.1) is 0 Å². The number of nitrogens with zero attached hydrogens (tertiary/aromatic N) is 2. The van der Waals surface area contributed by atoms with Crippen LogP contribution in [-0.4, -0.2) is 23.7 Å². The van der Waals surface area contributed by atoms with Crippen LogP contribution in [0.25, 0.3) is 11.4 Å². The van der Waals surface area contributed by atoms with Gasteiger partial charge in [-0.1, -0.05) is 45.8 Å². The van der Waals surface area contributed by atoms with E-state index in [2.05, 4.69) is 30.6 Å². The highest BCUT2D eigenvalue weighted by molar-refractivity contribution is 9.10. The van der Waals surface area contributed by atoms with Gasteiger partial charge >= 0.3 is 0 Å². The number of hydrogen-bond acceptors (Lipinski definition) is 7. The number of sulfone groups is 1. The van der Waals surface area contributed by atoms with E-state index in [9.17, 15) is 13.2 Å². The van der Waals surface area contributed by atoms with Crippen LogP contribution in [0, 0.1) is 6.92 Å². The quantitative estimate of drug-likeness (QED) is 0.413. The Balaban J connectivity index is 1.51. The Bertz CT molecular complexity index is 1310. The van der Waals surface area contributed by atoms with Gasteiger partial charge in [-0.3, -0.25) is 10.1 Å². The molecule has 0 saturated carbocycles. The van der Waals surface area contributed by atoms with Crippen molar-refractivity contribution in [2.75, 3.05) is 5.32 Å². The van der Waals surface area contributed by atoms with Crippen LogP contribution in [0.5, 0.6) is 0 Å². The first-order valence-electron chi connectivity index (χ1n) is 8.65. The molecule has 2 aromatic carbocycles. The van der Waals surface area contributed by atoms with Crippen LogP contribution in [0.2, 0.25) is 0 Å². The molecule has 4 rings (SSSR count). The predicted octanol–water partition coefficient (Wildman–Crippen LogP) is 4.95. The SMILES string of the molecule is Cc1ccc(-c2nsc(NC(=O)c3ccc(S(=O)(=O)c4ccc(Br)cc4)o3)n2)cc1. The minimum atomic E-state index is -3.87. The van der Waals surface area contributed by atoms with Crippen molar-refractivity contribution in [1.82, 2.24) is 9.36 Å². The summed E-state index contributed by atoms with van der Waals surface area (Å²) in [6.45, 7) is 1.98. The molecular formula is C20H14BrN3O4S2. The Morgan fingerprint density at radius 2 is 1.73 bits per heavy atom. The smallest absolute Gasteiger partial charge is 0.293 e. The predicted molar refractivity (Wildman–Crippen MR) is 116 cm³/mol. The van der Waals surface area contributed by atoms with E-state index in [0.717, 1.165) is 27.1 Å². The van der Waals surface area contributed by atoms with Crippen LogP contribution in [0.4, 0.5) is 5.13 Å². The van der Waals surface area contributed by atoms with Crippen LogP contribution in [0.1, 0.15) is 16.1 Å². The van der Waals surface area contributed by atoms with E-state index >= 15 is 0 Å². The van der Waals surface area contributed by atoms with Gasteiger partial charge < -0.3 is 4.42 Å². The topological polar surface area (TPSA) is 102 Å². The van der Waals surface area contributed by atoms with Crippen LogP contribution in [0.3, 0.4) is 0 Å². The summed E-state index contributed by atoms with van der Waals surface area (Å²) < 4.78 is 35.6. The highest BCUT2D eigenvalue weighted by Crippen LogP contribution is 2.26. The maximum absolute atomic E-state index is 12.7. The maximum Gasteiger partial charge on any atom is 0.293 e. The molecule has 0 bridgehead atoms. The third-order valence-electron chi connectivity index (χ3n) is 4.15. The number of nitrogens with one attached hydrogen (secondary N) is 1. The van der Waals surface area contributed by atoms with Crippen LogP contribution < -0.4 is 5.32 Å². The van der Waals surface area contributed by atoms with Crippen molar-refractivity contribution in [1.29, 1.82) is 0 Å². The Morgan fingerprint density at radius 1 is 1.03 bits per heavy atom. The lowest BCUT2D eigenvalue weighted by Gasteiger charge is -2.01. The summed E-state index contributed by atoms with van der Waals surface area (Å²) in [6.07, 6.45) is 0.